The van der Waals surface area contributed by atoms with Gasteiger partial charge in [-0.1, -0.05) is 12.1 Å². The first-order valence-electron chi connectivity index (χ1n) is 8.09. The fraction of sp³-hybridized carbons (Fsp3) is 0.588. The van der Waals surface area contributed by atoms with Gasteiger partial charge in [0.1, 0.15) is 0 Å². The van der Waals surface area contributed by atoms with Crippen LogP contribution in [0.4, 0.5) is 10.5 Å². The van der Waals surface area contributed by atoms with Gasteiger partial charge >= 0.3 is 6.09 Å². The molecule has 0 bridgehead atoms. The Hall–Kier alpha value is -1.71. The highest BCUT2D eigenvalue weighted by Crippen LogP contribution is 2.48. The molecule has 1 aromatic carbocycles. The highest BCUT2D eigenvalue weighted by molar-refractivity contribution is 5.66. The molecule has 4 rings (SSSR count). The molecule has 1 aromatic rings. The fourth-order valence-electron chi connectivity index (χ4n) is 3.39. The minimum atomic E-state index is -0.791. The molecule has 0 spiro atoms. The molecule has 2 saturated carbocycles. The Morgan fingerprint density at radius 3 is 2.24 bits per heavy atom. The summed E-state index contributed by atoms with van der Waals surface area (Å²) < 4.78 is 0. The quantitative estimate of drug-likeness (QED) is 0.927. The van der Waals surface area contributed by atoms with Crippen molar-refractivity contribution >= 4 is 11.8 Å². The van der Waals surface area contributed by atoms with E-state index in [0.29, 0.717) is 13.1 Å². The first-order valence-corrected chi connectivity index (χ1v) is 8.09. The van der Waals surface area contributed by atoms with Gasteiger partial charge in [0.25, 0.3) is 0 Å². The van der Waals surface area contributed by atoms with Crippen LogP contribution in [-0.4, -0.2) is 42.3 Å². The summed E-state index contributed by atoms with van der Waals surface area (Å²) in [5.41, 5.74) is 4.39. The number of carboxylic acid groups (broad SMARTS) is 1. The Morgan fingerprint density at radius 2 is 1.67 bits per heavy atom. The lowest BCUT2D eigenvalue weighted by Crippen LogP contribution is -2.48. The second-order valence-electron chi connectivity index (χ2n) is 6.62. The molecule has 4 nitrogen and oxygen atoms in total. The van der Waals surface area contributed by atoms with Crippen LogP contribution >= 0.6 is 0 Å². The highest BCUT2D eigenvalue weighted by atomic mass is 16.4. The van der Waals surface area contributed by atoms with Crippen LogP contribution in [0.1, 0.15) is 48.6 Å². The highest BCUT2D eigenvalue weighted by Gasteiger charge is 2.31. The van der Waals surface area contributed by atoms with Crippen molar-refractivity contribution in [3.63, 3.8) is 0 Å². The van der Waals surface area contributed by atoms with E-state index in [0.717, 1.165) is 24.9 Å². The maximum absolute atomic E-state index is 11.0. The van der Waals surface area contributed by atoms with Crippen LogP contribution in [0.5, 0.6) is 0 Å². The minimum absolute atomic E-state index is 0.615. The number of rotatable bonds is 3. The summed E-state index contributed by atoms with van der Waals surface area (Å²) in [6.07, 6.45) is 4.54. The SMILES string of the molecule is O=C(O)N1CCN(c2ccc(C3CC3)cc2C2CC2)CC1. The topological polar surface area (TPSA) is 43.8 Å². The van der Waals surface area contributed by atoms with Crippen molar-refractivity contribution in [1.29, 1.82) is 0 Å². The monoisotopic (exact) mass is 286 g/mol. The second-order valence-corrected chi connectivity index (χ2v) is 6.62. The Morgan fingerprint density at radius 1 is 1.00 bits per heavy atom. The zero-order valence-electron chi connectivity index (χ0n) is 12.3. The summed E-state index contributed by atoms with van der Waals surface area (Å²) in [4.78, 5) is 14.9. The number of hydrogen-bond donors (Lipinski definition) is 1. The third-order valence-electron chi connectivity index (χ3n) is 5.01. The lowest BCUT2D eigenvalue weighted by atomic mass is 10.0. The van der Waals surface area contributed by atoms with E-state index in [9.17, 15) is 4.79 Å². The first-order chi connectivity index (χ1) is 10.2. The van der Waals surface area contributed by atoms with E-state index >= 15 is 0 Å². The van der Waals surface area contributed by atoms with Gasteiger partial charge in [0.15, 0.2) is 0 Å². The molecule has 112 valence electrons. The van der Waals surface area contributed by atoms with Gasteiger partial charge in [-0.15, -0.1) is 0 Å². The smallest absolute Gasteiger partial charge is 0.407 e. The normalized spacial score (nSPS) is 22.5. The van der Waals surface area contributed by atoms with Crippen molar-refractivity contribution in [1.82, 2.24) is 4.90 Å². The van der Waals surface area contributed by atoms with Crippen LogP contribution in [0.3, 0.4) is 0 Å². The van der Waals surface area contributed by atoms with Gasteiger partial charge in [-0.05, 0) is 54.7 Å². The van der Waals surface area contributed by atoms with Gasteiger partial charge in [-0.2, -0.15) is 0 Å². The average molecular weight is 286 g/mol. The maximum Gasteiger partial charge on any atom is 0.407 e. The van der Waals surface area contributed by atoms with Crippen molar-refractivity contribution in [3.8, 4) is 0 Å². The second kappa shape index (κ2) is 4.93. The summed E-state index contributed by atoms with van der Waals surface area (Å²) in [6, 6.07) is 7.02. The van der Waals surface area contributed by atoms with Gasteiger partial charge in [-0.3, -0.25) is 0 Å². The predicted molar refractivity (Wildman–Crippen MR) is 82.2 cm³/mol. The van der Waals surface area contributed by atoms with Crippen LogP contribution in [0.2, 0.25) is 0 Å². The number of hydrogen-bond acceptors (Lipinski definition) is 2. The van der Waals surface area contributed by atoms with E-state index in [4.69, 9.17) is 5.11 Å². The Bertz CT molecular complexity index is 556. The minimum Gasteiger partial charge on any atom is -0.465 e. The van der Waals surface area contributed by atoms with Crippen LogP contribution in [0, 0.1) is 0 Å². The molecule has 0 unspecified atom stereocenters. The van der Waals surface area contributed by atoms with Crippen molar-refractivity contribution in [3.05, 3.63) is 29.3 Å². The van der Waals surface area contributed by atoms with Crippen molar-refractivity contribution in [2.75, 3.05) is 31.1 Å². The lowest BCUT2D eigenvalue weighted by Gasteiger charge is -2.36. The molecular weight excluding hydrogens is 264 g/mol. The number of nitrogens with zero attached hydrogens (tertiary/aromatic N) is 2. The van der Waals surface area contributed by atoms with Gasteiger partial charge in [0.2, 0.25) is 0 Å². The number of anilines is 1. The van der Waals surface area contributed by atoms with E-state index < -0.39 is 6.09 Å². The Labute approximate surface area is 125 Å². The number of piperazine rings is 1. The molecule has 1 aliphatic heterocycles. The maximum atomic E-state index is 11.0. The number of benzene rings is 1. The predicted octanol–water partition coefficient (Wildman–Crippen LogP) is 3.24. The largest absolute Gasteiger partial charge is 0.465 e. The van der Waals surface area contributed by atoms with Crippen molar-refractivity contribution in [2.45, 2.75) is 37.5 Å². The first kappa shape index (κ1) is 13.0. The zero-order chi connectivity index (χ0) is 14.4. The van der Waals surface area contributed by atoms with Gasteiger partial charge in [0, 0.05) is 31.9 Å². The standard InChI is InChI=1S/C17H22N2O2/c20-17(21)19-9-7-18(8-10-19)16-6-5-14(12-1-2-12)11-15(16)13-3-4-13/h5-6,11-13H,1-4,7-10H2,(H,20,21). The molecule has 1 heterocycles. The molecule has 21 heavy (non-hydrogen) atoms. The Balaban J connectivity index is 1.55. The Kier molecular flexibility index (Phi) is 3.05. The number of amides is 1. The molecule has 0 aromatic heterocycles. The molecule has 0 atom stereocenters. The molecule has 4 heteroatoms. The summed E-state index contributed by atoms with van der Waals surface area (Å²) in [5.74, 6) is 1.55. The van der Waals surface area contributed by atoms with E-state index in [1.807, 2.05) is 0 Å². The lowest BCUT2D eigenvalue weighted by molar-refractivity contribution is 0.142. The third kappa shape index (κ3) is 2.59. The molecule has 3 aliphatic rings. The van der Waals surface area contributed by atoms with Gasteiger partial charge in [-0.25, -0.2) is 4.79 Å². The van der Waals surface area contributed by atoms with Crippen LogP contribution in [0.15, 0.2) is 18.2 Å². The summed E-state index contributed by atoms with van der Waals surface area (Å²) >= 11 is 0. The molecule has 0 radical (unpaired) electrons. The van der Waals surface area contributed by atoms with Crippen molar-refractivity contribution in [2.24, 2.45) is 0 Å². The molecule has 3 fully saturated rings. The van der Waals surface area contributed by atoms with Crippen LogP contribution < -0.4 is 4.90 Å². The van der Waals surface area contributed by atoms with E-state index in [1.54, 1.807) is 0 Å². The molecule has 1 amide bonds. The summed E-state index contributed by atoms with van der Waals surface area (Å²) in [5, 5.41) is 9.06. The van der Waals surface area contributed by atoms with Crippen LogP contribution in [-0.2, 0) is 0 Å². The molecule has 1 saturated heterocycles. The molecule has 1 N–H and O–H groups in total. The molecular formula is C17H22N2O2. The molecule has 2 aliphatic carbocycles. The van der Waals surface area contributed by atoms with Gasteiger partial charge in [0.05, 0.1) is 0 Å². The van der Waals surface area contributed by atoms with E-state index in [1.165, 1.54) is 47.4 Å². The number of carbonyl (C=O) groups is 1. The third-order valence-corrected chi connectivity index (χ3v) is 5.01. The summed E-state index contributed by atoms with van der Waals surface area (Å²) in [6.45, 7) is 2.86. The van der Waals surface area contributed by atoms with Gasteiger partial charge < -0.3 is 14.9 Å². The fourth-order valence-corrected chi connectivity index (χ4v) is 3.39. The van der Waals surface area contributed by atoms with Crippen molar-refractivity contribution < 1.29 is 9.90 Å². The van der Waals surface area contributed by atoms with Crippen LogP contribution in [0.25, 0.3) is 0 Å². The van der Waals surface area contributed by atoms with E-state index in [-0.39, 0.29) is 0 Å². The average Bonchev–Trinajstić information content (AvgIpc) is 3.40. The summed E-state index contributed by atoms with van der Waals surface area (Å²) in [7, 11) is 0. The van der Waals surface area contributed by atoms with E-state index in [2.05, 4.69) is 23.1 Å². The zero-order valence-corrected chi connectivity index (χ0v) is 12.3.